The van der Waals surface area contributed by atoms with Gasteiger partial charge in [0, 0.05) is 30.8 Å². The van der Waals surface area contributed by atoms with Gasteiger partial charge in [0.05, 0.1) is 10.7 Å². The summed E-state index contributed by atoms with van der Waals surface area (Å²) in [5.41, 5.74) is 3.35. The zero-order chi connectivity index (χ0) is 15.9. The third kappa shape index (κ3) is 5.15. The SMILES string of the molecule is Cc1cccc(CNC(=O)NCCc2csc(C(C)C)n2)c1. The minimum atomic E-state index is -0.138. The van der Waals surface area contributed by atoms with Gasteiger partial charge in [0.1, 0.15) is 0 Å². The summed E-state index contributed by atoms with van der Waals surface area (Å²) in [7, 11) is 0. The molecule has 1 aromatic heterocycles. The molecule has 2 aromatic rings. The molecule has 0 saturated carbocycles. The number of amides is 2. The molecule has 0 fully saturated rings. The average Bonchev–Trinajstić information content (AvgIpc) is 2.94. The molecular formula is C17H23N3OS. The van der Waals surface area contributed by atoms with E-state index in [9.17, 15) is 4.79 Å². The molecule has 22 heavy (non-hydrogen) atoms. The van der Waals surface area contributed by atoms with Crippen LogP contribution in [0.2, 0.25) is 0 Å². The molecule has 0 saturated heterocycles. The van der Waals surface area contributed by atoms with Gasteiger partial charge < -0.3 is 10.6 Å². The van der Waals surface area contributed by atoms with Crippen LogP contribution in [0.25, 0.3) is 0 Å². The van der Waals surface area contributed by atoms with E-state index in [0.717, 1.165) is 22.7 Å². The Balaban J connectivity index is 1.69. The standard InChI is InChI=1S/C17H23N3OS/c1-12(2)16-20-15(11-22-16)7-8-18-17(21)19-10-14-6-4-5-13(3)9-14/h4-6,9,11-12H,7-8,10H2,1-3H3,(H2,18,19,21). The first-order valence-electron chi connectivity index (χ1n) is 7.56. The fraction of sp³-hybridized carbons (Fsp3) is 0.412. The minimum absolute atomic E-state index is 0.138. The van der Waals surface area contributed by atoms with E-state index >= 15 is 0 Å². The lowest BCUT2D eigenvalue weighted by Crippen LogP contribution is -2.36. The molecule has 0 unspecified atom stereocenters. The maximum absolute atomic E-state index is 11.8. The Labute approximate surface area is 136 Å². The van der Waals surface area contributed by atoms with Crippen molar-refractivity contribution >= 4 is 17.4 Å². The molecule has 1 aromatic carbocycles. The average molecular weight is 317 g/mol. The van der Waals surface area contributed by atoms with E-state index in [0.29, 0.717) is 19.0 Å². The van der Waals surface area contributed by atoms with Crippen LogP contribution in [0.1, 0.15) is 41.6 Å². The quantitative estimate of drug-likeness (QED) is 0.855. The fourth-order valence-corrected chi connectivity index (χ4v) is 2.94. The van der Waals surface area contributed by atoms with Crippen LogP contribution in [-0.4, -0.2) is 17.6 Å². The third-order valence-electron chi connectivity index (χ3n) is 3.27. The van der Waals surface area contributed by atoms with Crippen LogP contribution >= 0.6 is 11.3 Å². The second-order valence-corrected chi connectivity index (χ2v) is 6.57. The van der Waals surface area contributed by atoms with Crippen LogP contribution in [0, 0.1) is 6.92 Å². The lowest BCUT2D eigenvalue weighted by molar-refractivity contribution is 0.240. The summed E-state index contributed by atoms with van der Waals surface area (Å²) in [6.45, 7) is 7.46. The molecule has 2 rings (SSSR count). The lowest BCUT2D eigenvalue weighted by Gasteiger charge is -2.07. The lowest BCUT2D eigenvalue weighted by atomic mass is 10.1. The van der Waals surface area contributed by atoms with Crippen LogP contribution in [0.4, 0.5) is 4.79 Å². The first kappa shape index (κ1) is 16.5. The number of hydrogen-bond donors (Lipinski definition) is 2. The second-order valence-electron chi connectivity index (χ2n) is 5.68. The third-order valence-corrected chi connectivity index (χ3v) is 4.46. The van der Waals surface area contributed by atoms with Gasteiger partial charge in [0.2, 0.25) is 0 Å². The smallest absolute Gasteiger partial charge is 0.315 e. The topological polar surface area (TPSA) is 54.0 Å². The van der Waals surface area contributed by atoms with Crippen LogP contribution < -0.4 is 10.6 Å². The molecule has 0 bridgehead atoms. The van der Waals surface area contributed by atoms with Gasteiger partial charge in [0.15, 0.2) is 0 Å². The van der Waals surface area contributed by atoms with E-state index in [2.05, 4.69) is 40.9 Å². The van der Waals surface area contributed by atoms with Gasteiger partial charge in [-0.25, -0.2) is 9.78 Å². The molecule has 0 aliphatic carbocycles. The first-order valence-corrected chi connectivity index (χ1v) is 8.44. The molecule has 118 valence electrons. The Bertz CT molecular complexity index is 622. The first-order chi connectivity index (χ1) is 10.5. The van der Waals surface area contributed by atoms with Gasteiger partial charge in [-0.15, -0.1) is 11.3 Å². The van der Waals surface area contributed by atoms with Gasteiger partial charge >= 0.3 is 6.03 Å². The number of benzene rings is 1. The predicted octanol–water partition coefficient (Wildman–Crippen LogP) is 3.62. The molecule has 5 heteroatoms. The highest BCUT2D eigenvalue weighted by atomic mass is 32.1. The van der Waals surface area contributed by atoms with Crippen molar-refractivity contribution in [2.45, 2.75) is 39.7 Å². The molecule has 0 radical (unpaired) electrons. The summed E-state index contributed by atoms with van der Waals surface area (Å²) in [5.74, 6) is 0.462. The predicted molar refractivity (Wildman–Crippen MR) is 91.3 cm³/mol. The number of thiazole rings is 1. The van der Waals surface area contributed by atoms with Gasteiger partial charge in [-0.2, -0.15) is 0 Å². The molecule has 2 amide bonds. The van der Waals surface area contributed by atoms with Crippen LogP contribution in [0.5, 0.6) is 0 Å². The van der Waals surface area contributed by atoms with Gasteiger partial charge in [0.25, 0.3) is 0 Å². The molecule has 1 heterocycles. The van der Waals surface area contributed by atoms with Crippen LogP contribution in [0.15, 0.2) is 29.6 Å². The summed E-state index contributed by atoms with van der Waals surface area (Å²) >= 11 is 1.69. The number of urea groups is 1. The highest BCUT2D eigenvalue weighted by molar-refractivity contribution is 7.09. The van der Waals surface area contributed by atoms with E-state index in [4.69, 9.17) is 0 Å². The maximum Gasteiger partial charge on any atom is 0.315 e. The van der Waals surface area contributed by atoms with E-state index in [1.54, 1.807) is 11.3 Å². The molecule has 0 atom stereocenters. The van der Waals surface area contributed by atoms with Crippen LogP contribution in [0.3, 0.4) is 0 Å². The van der Waals surface area contributed by atoms with Gasteiger partial charge in [-0.1, -0.05) is 43.7 Å². The van der Waals surface area contributed by atoms with Crippen molar-refractivity contribution in [2.75, 3.05) is 6.54 Å². The van der Waals surface area contributed by atoms with E-state index < -0.39 is 0 Å². The van der Waals surface area contributed by atoms with Crippen molar-refractivity contribution < 1.29 is 4.79 Å². The number of carbonyl (C=O) groups excluding carboxylic acids is 1. The van der Waals surface area contributed by atoms with Crippen molar-refractivity contribution in [3.05, 3.63) is 51.5 Å². The summed E-state index contributed by atoms with van der Waals surface area (Å²) in [5, 5.41) is 8.96. The number of nitrogens with zero attached hydrogens (tertiary/aromatic N) is 1. The summed E-state index contributed by atoms with van der Waals surface area (Å²) in [6, 6.07) is 7.99. The second kappa shape index (κ2) is 7.94. The maximum atomic E-state index is 11.8. The van der Waals surface area contributed by atoms with Crippen molar-refractivity contribution in [3.8, 4) is 0 Å². The highest BCUT2D eigenvalue weighted by Gasteiger charge is 2.06. The molecule has 4 nitrogen and oxygen atoms in total. The molecule has 0 aliphatic heterocycles. The van der Waals surface area contributed by atoms with E-state index in [1.165, 1.54) is 5.56 Å². The summed E-state index contributed by atoms with van der Waals surface area (Å²) in [6.07, 6.45) is 0.765. The van der Waals surface area contributed by atoms with Gasteiger partial charge in [-0.3, -0.25) is 0 Å². The van der Waals surface area contributed by atoms with Crippen molar-refractivity contribution in [3.63, 3.8) is 0 Å². The van der Waals surface area contributed by atoms with E-state index in [-0.39, 0.29) is 6.03 Å². The monoisotopic (exact) mass is 317 g/mol. The number of nitrogens with one attached hydrogen (secondary N) is 2. The fourth-order valence-electron chi connectivity index (χ4n) is 2.07. The number of hydrogen-bond acceptors (Lipinski definition) is 3. The number of rotatable bonds is 6. The van der Waals surface area contributed by atoms with E-state index in [1.807, 2.05) is 25.1 Å². The zero-order valence-corrected chi connectivity index (χ0v) is 14.2. The van der Waals surface area contributed by atoms with Crippen molar-refractivity contribution in [2.24, 2.45) is 0 Å². The Kier molecular flexibility index (Phi) is 5.95. The Morgan fingerprint density at radius 2 is 2.14 bits per heavy atom. The normalized spacial score (nSPS) is 10.7. The van der Waals surface area contributed by atoms with Crippen molar-refractivity contribution in [1.29, 1.82) is 0 Å². The van der Waals surface area contributed by atoms with Crippen molar-refractivity contribution in [1.82, 2.24) is 15.6 Å². The minimum Gasteiger partial charge on any atom is -0.338 e. The number of aryl methyl sites for hydroxylation is 1. The van der Waals surface area contributed by atoms with Crippen LogP contribution in [-0.2, 0) is 13.0 Å². The Hall–Kier alpha value is -1.88. The highest BCUT2D eigenvalue weighted by Crippen LogP contribution is 2.19. The molecule has 2 N–H and O–H groups in total. The molecule has 0 aliphatic rings. The molecule has 0 spiro atoms. The molecular weight excluding hydrogens is 294 g/mol. The Morgan fingerprint density at radius 3 is 2.82 bits per heavy atom. The Morgan fingerprint density at radius 1 is 1.32 bits per heavy atom. The summed E-state index contributed by atoms with van der Waals surface area (Å²) < 4.78 is 0. The zero-order valence-electron chi connectivity index (χ0n) is 13.3. The summed E-state index contributed by atoms with van der Waals surface area (Å²) in [4.78, 5) is 16.3. The van der Waals surface area contributed by atoms with Gasteiger partial charge in [-0.05, 0) is 12.5 Å². The number of carbonyl (C=O) groups is 1. The number of aromatic nitrogens is 1. The largest absolute Gasteiger partial charge is 0.338 e.